The van der Waals surface area contributed by atoms with Gasteiger partial charge in [-0.3, -0.25) is 4.68 Å². The standard InChI is InChI=1S/C8H11ClN2O3/c1-4-7(9)5(11(2)10-4)3-6(12)8(13)14/h6,12H,3H2,1-2H3,(H,13,14). The molecule has 2 N–H and O–H groups in total. The largest absolute Gasteiger partial charge is 0.479 e. The van der Waals surface area contributed by atoms with Gasteiger partial charge in [-0.15, -0.1) is 0 Å². The maximum Gasteiger partial charge on any atom is 0.332 e. The second-order valence-corrected chi connectivity index (χ2v) is 3.41. The normalized spacial score (nSPS) is 12.9. The number of aliphatic hydroxyl groups excluding tert-OH is 1. The van der Waals surface area contributed by atoms with Gasteiger partial charge in [0.2, 0.25) is 0 Å². The molecule has 0 saturated heterocycles. The summed E-state index contributed by atoms with van der Waals surface area (Å²) in [6, 6.07) is 0. The monoisotopic (exact) mass is 218 g/mol. The molecule has 0 radical (unpaired) electrons. The van der Waals surface area contributed by atoms with Crippen LogP contribution in [0.2, 0.25) is 5.02 Å². The van der Waals surface area contributed by atoms with Crippen molar-refractivity contribution in [2.24, 2.45) is 7.05 Å². The number of hydrogen-bond acceptors (Lipinski definition) is 3. The van der Waals surface area contributed by atoms with Gasteiger partial charge in [0.1, 0.15) is 0 Å². The zero-order valence-electron chi connectivity index (χ0n) is 7.86. The van der Waals surface area contributed by atoms with E-state index in [-0.39, 0.29) is 6.42 Å². The Kier molecular flexibility index (Phi) is 3.13. The molecule has 0 aliphatic rings. The van der Waals surface area contributed by atoms with Crippen molar-refractivity contribution in [3.8, 4) is 0 Å². The van der Waals surface area contributed by atoms with Crippen LogP contribution in [0.5, 0.6) is 0 Å². The van der Waals surface area contributed by atoms with Crippen LogP contribution in [0.4, 0.5) is 0 Å². The molecule has 0 spiro atoms. The Morgan fingerprint density at radius 3 is 2.64 bits per heavy atom. The maximum absolute atomic E-state index is 10.4. The Morgan fingerprint density at radius 2 is 2.29 bits per heavy atom. The molecule has 0 bridgehead atoms. The SMILES string of the molecule is Cc1nn(C)c(CC(O)C(=O)O)c1Cl. The molecule has 0 fully saturated rings. The van der Waals surface area contributed by atoms with E-state index in [0.717, 1.165) is 0 Å². The van der Waals surface area contributed by atoms with Crippen molar-refractivity contribution >= 4 is 17.6 Å². The summed E-state index contributed by atoms with van der Waals surface area (Å²) in [5.74, 6) is -1.26. The van der Waals surface area contributed by atoms with Crippen molar-refractivity contribution in [2.75, 3.05) is 0 Å². The highest BCUT2D eigenvalue weighted by atomic mass is 35.5. The molecule has 1 atom stereocenters. The lowest BCUT2D eigenvalue weighted by molar-refractivity contribution is -0.146. The summed E-state index contributed by atoms with van der Waals surface area (Å²) >= 11 is 5.88. The predicted octanol–water partition coefficient (Wildman–Crippen LogP) is 0.370. The first-order valence-electron chi connectivity index (χ1n) is 4.02. The lowest BCUT2D eigenvalue weighted by atomic mass is 10.2. The van der Waals surface area contributed by atoms with Crippen molar-refractivity contribution in [3.63, 3.8) is 0 Å². The molecule has 0 aromatic carbocycles. The average molecular weight is 219 g/mol. The van der Waals surface area contributed by atoms with Crippen LogP contribution in [0, 0.1) is 6.92 Å². The highest BCUT2D eigenvalue weighted by molar-refractivity contribution is 6.31. The lowest BCUT2D eigenvalue weighted by Gasteiger charge is -2.05. The first-order valence-corrected chi connectivity index (χ1v) is 4.40. The highest BCUT2D eigenvalue weighted by Gasteiger charge is 2.19. The van der Waals surface area contributed by atoms with E-state index in [1.807, 2.05) is 0 Å². The van der Waals surface area contributed by atoms with E-state index < -0.39 is 12.1 Å². The number of aryl methyl sites for hydroxylation is 2. The second-order valence-electron chi connectivity index (χ2n) is 3.03. The topological polar surface area (TPSA) is 75.3 Å². The number of carboxylic acids is 1. The van der Waals surface area contributed by atoms with Crippen LogP contribution in [-0.2, 0) is 18.3 Å². The van der Waals surface area contributed by atoms with Crippen LogP contribution < -0.4 is 0 Å². The molecular weight excluding hydrogens is 208 g/mol. The van der Waals surface area contributed by atoms with Gasteiger partial charge in [-0.1, -0.05) is 11.6 Å². The fourth-order valence-electron chi connectivity index (χ4n) is 1.17. The zero-order valence-corrected chi connectivity index (χ0v) is 8.62. The van der Waals surface area contributed by atoms with E-state index in [4.69, 9.17) is 21.8 Å². The van der Waals surface area contributed by atoms with Gasteiger partial charge in [-0.25, -0.2) is 4.79 Å². The minimum atomic E-state index is -1.44. The third kappa shape index (κ3) is 2.05. The van der Waals surface area contributed by atoms with Gasteiger partial charge in [0.25, 0.3) is 0 Å². The summed E-state index contributed by atoms with van der Waals surface area (Å²) in [6.07, 6.45) is -1.48. The summed E-state index contributed by atoms with van der Waals surface area (Å²) < 4.78 is 1.48. The maximum atomic E-state index is 10.4. The highest BCUT2D eigenvalue weighted by Crippen LogP contribution is 2.20. The molecule has 6 heteroatoms. The van der Waals surface area contributed by atoms with Gasteiger partial charge in [0.05, 0.1) is 16.4 Å². The smallest absolute Gasteiger partial charge is 0.332 e. The van der Waals surface area contributed by atoms with Gasteiger partial charge in [-0.2, -0.15) is 5.10 Å². The van der Waals surface area contributed by atoms with Crippen LogP contribution >= 0.6 is 11.6 Å². The molecule has 78 valence electrons. The minimum absolute atomic E-state index is 0.0362. The van der Waals surface area contributed by atoms with Crippen molar-refractivity contribution in [1.29, 1.82) is 0 Å². The van der Waals surface area contributed by atoms with Crippen LogP contribution in [-0.4, -0.2) is 32.1 Å². The van der Waals surface area contributed by atoms with Crippen molar-refractivity contribution in [3.05, 3.63) is 16.4 Å². The molecule has 1 aromatic heterocycles. The van der Waals surface area contributed by atoms with Crippen molar-refractivity contribution in [2.45, 2.75) is 19.4 Å². The summed E-state index contributed by atoms with van der Waals surface area (Å²) in [7, 11) is 1.66. The fourth-order valence-corrected chi connectivity index (χ4v) is 1.41. The molecular formula is C8H11ClN2O3. The third-order valence-electron chi connectivity index (χ3n) is 1.93. The van der Waals surface area contributed by atoms with E-state index in [1.54, 1.807) is 14.0 Å². The van der Waals surface area contributed by atoms with Gasteiger partial charge in [0.15, 0.2) is 6.10 Å². The Balaban J connectivity index is 2.91. The molecule has 1 heterocycles. The molecule has 0 amide bonds. The first kappa shape index (κ1) is 11.0. The predicted molar refractivity (Wildman–Crippen MR) is 50.3 cm³/mol. The summed E-state index contributed by atoms with van der Waals surface area (Å²) in [5, 5.41) is 22.1. The number of aliphatic carboxylic acids is 1. The molecule has 0 aliphatic carbocycles. The summed E-state index contributed by atoms with van der Waals surface area (Å²) in [5.41, 5.74) is 1.15. The summed E-state index contributed by atoms with van der Waals surface area (Å²) in [4.78, 5) is 10.4. The fraction of sp³-hybridized carbons (Fsp3) is 0.500. The second kappa shape index (κ2) is 3.98. The van der Waals surface area contributed by atoms with Gasteiger partial charge >= 0.3 is 5.97 Å². The van der Waals surface area contributed by atoms with Crippen LogP contribution in [0.1, 0.15) is 11.4 Å². The van der Waals surface area contributed by atoms with E-state index in [9.17, 15) is 4.79 Å². The number of hydrogen-bond donors (Lipinski definition) is 2. The van der Waals surface area contributed by atoms with E-state index in [0.29, 0.717) is 16.4 Å². The lowest BCUT2D eigenvalue weighted by Crippen LogP contribution is -2.23. The molecule has 1 unspecified atom stereocenters. The molecule has 14 heavy (non-hydrogen) atoms. The van der Waals surface area contributed by atoms with Gasteiger partial charge < -0.3 is 10.2 Å². The Labute approximate surface area is 85.9 Å². The molecule has 0 saturated carbocycles. The third-order valence-corrected chi connectivity index (χ3v) is 2.43. The van der Waals surface area contributed by atoms with Crippen LogP contribution in [0.15, 0.2) is 0 Å². The molecule has 1 aromatic rings. The molecule has 5 nitrogen and oxygen atoms in total. The number of aromatic nitrogens is 2. The Hall–Kier alpha value is -1.07. The van der Waals surface area contributed by atoms with E-state index >= 15 is 0 Å². The Morgan fingerprint density at radius 1 is 1.71 bits per heavy atom. The Bertz CT molecular complexity index is 362. The number of carbonyl (C=O) groups is 1. The minimum Gasteiger partial charge on any atom is -0.479 e. The molecule has 1 rings (SSSR count). The van der Waals surface area contributed by atoms with Gasteiger partial charge in [-0.05, 0) is 6.92 Å². The van der Waals surface area contributed by atoms with Gasteiger partial charge in [0, 0.05) is 13.5 Å². The number of nitrogens with zero attached hydrogens (tertiary/aromatic N) is 2. The number of halogens is 1. The zero-order chi connectivity index (χ0) is 10.9. The summed E-state index contributed by atoms with van der Waals surface area (Å²) in [6.45, 7) is 1.72. The van der Waals surface area contributed by atoms with E-state index in [1.165, 1.54) is 4.68 Å². The molecule has 0 aliphatic heterocycles. The van der Waals surface area contributed by atoms with Crippen LogP contribution in [0.3, 0.4) is 0 Å². The number of carboxylic acid groups (broad SMARTS) is 1. The quantitative estimate of drug-likeness (QED) is 0.769. The number of aliphatic hydroxyl groups is 1. The average Bonchev–Trinajstić information content (AvgIpc) is 2.32. The van der Waals surface area contributed by atoms with Crippen LogP contribution in [0.25, 0.3) is 0 Å². The van der Waals surface area contributed by atoms with Crippen molar-refractivity contribution < 1.29 is 15.0 Å². The van der Waals surface area contributed by atoms with E-state index in [2.05, 4.69) is 5.10 Å². The first-order chi connectivity index (χ1) is 6.43. The van der Waals surface area contributed by atoms with Crippen molar-refractivity contribution in [1.82, 2.24) is 9.78 Å². The number of rotatable bonds is 3.